The zero-order valence-electron chi connectivity index (χ0n) is 10.2. The second kappa shape index (κ2) is 6.78. The molecule has 1 rings (SSSR count). The molecule has 8 heteroatoms. The highest BCUT2D eigenvalue weighted by Crippen LogP contribution is 2.09. The summed E-state index contributed by atoms with van der Waals surface area (Å²) in [5, 5.41) is 10.9. The first kappa shape index (κ1) is 15.8. The van der Waals surface area contributed by atoms with Crippen LogP contribution >= 0.6 is 0 Å². The van der Waals surface area contributed by atoms with Crippen LogP contribution in [0.3, 0.4) is 0 Å². The van der Waals surface area contributed by atoms with Gasteiger partial charge in [0.05, 0.1) is 16.9 Å². The SMILES string of the molecule is C[S@](=O)CC[C@H](NS(=O)(=O)c1ccccc1)C(=O)[O-]. The first-order valence-electron chi connectivity index (χ1n) is 5.41. The summed E-state index contributed by atoms with van der Waals surface area (Å²) in [6, 6.07) is 6.02. The average molecular weight is 304 g/mol. The fourth-order valence-electron chi connectivity index (χ4n) is 1.36. The zero-order chi connectivity index (χ0) is 14.5. The maximum Gasteiger partial charge on any atom is 0.241 e. The molecule has 0 saturated carbocycles. The molecule has 1 N–H and O–H groups in total. The smallest absolute Gasteiger partial charge is 0.241 e. The van der Waals surface area contributed by atoms with Crippen LogP contribution in [0.2, 0.25) is 0 Å². The Hall–Kier alpha value is -1.25. The predicted octanol–water partition coefficient (Wildman–Crippen LogP) is -1.15. The molecule has 1 aromatic rings. The molecule has 0 bridgehead atoms. The summed E-state index contributed by atoms with van der Waals surface area (Å²) >= 11 is 0. The van der Waals surface area contributed by atoms with Gasteiger partial charge in [-0.3, -0.25) is 4.21 Å². The molecule has 2 atom stereocenters. The summed E-state index contributed by atoms with van der Waals surface area (Å²) in [6.07, 6.45) is 1.33. The molecule has 0 saturated heterocycles. The van der Waals surface area contributed by atoms with Gasteiger partial charge < -0.3 is 9.90 Å². The third-order valence-electron chi connectivity index (χ3n) is 2.33. The van der Waals surface area contributed by atoms with E-state index in [2.05, 4.69) is 0 Å². The summed E-state index contributed by atoms with van der Waals surface area (Å²) in [7, 11) is -5.12. The quantitative estimate of drug-likeness (QED) is 0.685. The van der Waals surface area contributed by atoms with Crippen molar-refractivity contribution in [3.05, 3.63) is 30.3 Å². The Morgan fingerprint density at radius 3 is 2.42 bits per heavy atom. The summed E-state index contributed by atoms with van der Waals surface area (Å²) in [6.45, 7) is 0. The van der Waals surface area contributed by atoms with Crippen molar-refractivity contribution >= 4 is 26.8 Å². The molecule has 1 aromatic carbocycles. The molecule has 106 valence electrons. The fourth-order valence-corrected chi connectivity index (χ4v) is 3.17. The van der Waals surface area contributed by atoms with Gasteiger partial charge in [-0.15, -0.1) is 0 Å². The number of carbonyl (C=O) groups is 1. The number of nitrogens with one attached hydrogen (secondary N) is 1. The molecule has 0 spiro atoms. The van der Waals surface area contributed by atoms with Gasteiger partial charge in [-0.2, -0.15) is 0 Å². The predicted molar refractivity (Wildman–Crippen MR) is 69.1 cm³/mol. The van der Waals surface area contributed by atoms with Gasteiger partial charge >= 0.3 is 0 Å². The maximum absolute atomic E-state index is 11.9. The largest absolute Gasteiger partial charge is 0.548 e. The van der Waals surface area contributed by atoms with Crippen molar-refractivity contribution in [3.8, 4) is 0 Å². The summed E-state index contributed by atoms with van der Waals surface area (Å²) < 4.78 is 36.8. The normalized spacial score (nSPS) is 14.8. The van der Waals surface area contributed by atoms with Gasteiger partial charge in [0.25, 0.3) is 0 Å². The first-order chi connectivity index (χ1) is 8.83. The van der Waals surface area contributed by atoms with Gasteiger partial charge in [0.2, 0.25) is 10.0 Å². The highest BCUT2D eigenvalue weighted by atomic mass is 32.2. The van der Waals surface area contributed by atoms with E-state index < -0.39 is 32.8 Å². The van der Waals surface area contributed by atoms with Crippen molar-refractivity contribution in [2.45, 2.75) is 17.4 Å². The Morgan fingerprint density at radius 2 is 1.95 bits per heavy atom. The molecule has 0 radical (unpaired) electrons. The Kier molecular flexibility index (Phi) is 5.64. The van der Waals surface area contributed by atoms with Crippen LogP contribution in [0.5, 0.6) is 0 Å². The van der Waals surface area contributed by atoms with E-state index in [0.29, 0.717) is 0 Å². The van der Waals surface area contributed by atoms with E-state index in [4.69, 9.17) is 0 Å². The van der Waals surface area contributed by atoms with E-state index in [-0.39, 0.29) is 17.1 Å². The van der Waals surface area contributed by atoms with Crippen molar-refractivity contribution < 1.29 is 22.5 Å². The van der Waals surface area contributed by atoms with Crippen LogP contribution in [0, 0.1) is 0 Å². The molecular formula is C11H14NO5S2-. The van der Waals surface area contributed by atoms with E-state index in [1.807, 2.05) is 4.72 Å². The molecule has 0 aliphatic heterocycles. The van der Waals surface area contributed by atoms with Gasteiger partial charge in [-0.25, -0.2) is 13.1 Å². The van der Waals surface area contributed by atoms with E-state index in [0.717, 1.165) is 0 Å². The Bertz CT molecular complexity index is 556. The second-order valence-electron chi connectivity index (χ2n) is 3.87. The minimum atomic E-state index is -3.92. The number of carboxylic acids is 1. The first-order valence-corrected chi connectivity index (χ1v) is 8.62. The number of aliphatic carboxylic acids is 1. The Labute approximate surface area is 114 Å². The number of benzene rings is 1. The maximum atomic E-state index is 11.9. The number of carbonyl (C=O) groups excluding carboxylic acids is 1. The topological polar surface area (TPSA) is 103 Å². The van der Waals surface area contributed by atoms with Crippen molar-refractivity contribution in [3.63, 3.8) is 0 Å². The molecule has 19 heavy (non-hydrogen) atoms. The monoisotopic (exact) mass is 304 g/mol. The van der Waals surface area contributed by atoms with Crippen molar-refractivity contribution in [2.75, 3.05) is 12.0 Å². The standard InChI is InChI=1S/C11H15NO5S2/c1-18(15)8-7-10(11(13)14)12-19(16,17)9-5-3-2-4-6-9/h2-6,10,12H,7-8H2,1H3,(H,13,14)/p-1/t10-,18-/m0/s1. The third-order valence-corrected chi connectivity index (χ3v) is 4.63. The lowest BCUT2D eigenvalue weighted by Crippen LogP contribution is -2.48. The van der Waals surface area contributed by atoms with Crippen molar-refractivity contribution in [1.82, 2.24) is 4.72 Å². The van der Waals surface area contributed by atoms with E-state index in [1.54, 1.807) is 6.07 Å². The van der Waals surface area contributed by atoms with Crippen molar-refractivity contribution in [2.24, 2.45) is 0 Å². The van der Waals surface area contributed by atoms with Crippen LogP contribution in [-0.2, 0) is 25.6 Å². The molecule has 6 nitrogen and oxygen atoms in total. The van der Waals surface area contributed by atoms with Crippen LogP contribution in [0.4, 0.5) is 0 Å². The van der Waals surface area contributed by atoms with Gasteiger partial charge in [0, 0.05) is 22.8 Å². The highest BCUT2D eigenvalue weighted by molar-refractivity contribution is 7.89. The average Bonchev–Trinajstić information content (AvgIpc) is 2.35. The second-order valence-corrected chi connectivity index (χ2v) is 7.14. The zero-order valence-corrected chi connectivity index (χ0v) is 11.9. The lowest BCUT2D eigenvalue weighted by molar-refractivity contribution is -0.308. The van der Waals surface area contributed by atoms with Crippen molar-refractivity contribution in [1.29, 1.82) is 0 Å². The number of sulfonamides is 1. The lowest BCUT2D eigenvalue weighted by atomic mass is 10.2. The summed E-state index contributed by atoms with van der Waals surface area (Å²) in [5.41, 5.74) is 0. The number of hydrogen-bond acceptors (Lipinski definition) is 5. The van der Waals surface area contributed by atoms with Crippen LogP contribution in [0.1, 0.15) is 6.42 Å². The fraction of sp³-hybridized carbons (Fsp3) is 0.364. The lowest BCUT2D eigenvalue weighted by Gasteiger charge is -2.19. The highest BCUT2D eigenvalue weighted by Gasteiger charge is 2.20. The Morgan fingerprint density at radius 1 is 1.37 bits per heavy atom. The van der Waals surface area contributed by atoms with Crippen LogP contribution < -0.4 is 9.83 Å². The van der Waals surface area contributed by atoms with Crippen LogP contribution in [0.15, 0.2) is 35.2 Å². The van der Waals surface area contributed by atoms with E-state index in [9.17, 15) is 22.5 Å². The molecular weight excluding hydrogens is 290 g/mol. The van der Waals surface area contributed by atoms with Gasteiger partial charge in [-0.05, 0) is 18.6 Å². The van der Waals surface area contributed by atoms with E-state index in [1.165, 1.54) is 30.5 Å². The van der Waals surface area contributed by atoms with Gasteiger partial charge in [0.15, 0.2) is 0 Å². The van der Waals surface area contributed by atoms with Gasteiger partial charge in [0.1, 0.15) is 0 Å². The van der Waals surface area contributed by atoms with Gasteiger partial charge in [-0.1, -0.05) is 18.2 Å². The molecule has 0 aliphatic rings. The van der Waals surface area contributed by atoms with Crippen LogP contribution in [0.25, 0.3) is 0 Å². The molecule has 0 aromatic heterocycles. The number of hydrogen-bond donors (Lipinski definition) is 1. The number of rotatable bonds is 7. The third kappa shape index (κ3) is 5.09. The van der Waals surface area contributed by atoms with E-state index >= 15 is 0 Å². The number of carboxylic acid groups (broad SMARTS) is 1. The Balaban J connectivity index is 2.84. The summed E-state index contributed by atoms with van der Waals surface area (Å²) in [5.74, 6) is -1.46. The minimum absolute atomic E-state index is 0.0288. The molecule has 0 heterocycles. The minimum Gasteiger partial charge on any atom is -0.548 e. The van der Waals surface area contributed by atoms with Crippen LogP contribution in [-0.4, -0.2) is 36.6 Å². The molecule has 0 unspecified atom stereocenters. The molecule has 0 amide bonds. The summed E-state index contributed by atoms with van der Waals surface area (Å²) in [4.78, 5) is 10.9. The molecule has 0 aliphatic carbocycles. The molecule has 0 fully saturated rings.